The quantitative estimate of drug-likeness (QED) is 0.203. The number of benzene rings is 4. The molecule has 1 unspecified atom stereocenters. The largest absolute Gasteiger partial charge is 0.485 e. The van der Waals surface area contributed by atoms with Gasteiger partial charge in [-0.1, -0.05) is 103 Å². The van der Waals surface area contributed by atoms with Crippen molar-refractivity contribution in [3.63, 3.8) is 0 Å². The van der Waals surface area contributed by atoms with Gasteiger partial charge in [0, 0.05) is 50.6 Å². The lowest BCUT2D eigenvalue weighted by Crippen LogP contribution is -2.10. The molecule has 222 valence electrons. The highest BCUT2D eigenvalue weighted by Gasteiger charge is 2.28. The number of nitrogens with one attached hydrogen (secondary N) is 2. The molecular formula is C38H24N8O. The van der Waals surface area contributed by atoms with E-state index in [4.69, 9.17) is 34.6 Å². The van der Waals surface area contributed by atoms with Crippen LogP contribution < -0.4 is 4.74 Å². The van der Waals surface area contributed by atoms with Crippen molar-refractivity contribution in [1.82, 2.24) is 39.9 Å². The van der Waals surface area contributed by atoms with Gasteiger partial charge in [-0.25, -0.2) is 29.9 Å². The Kier molecular flexibility index (Phi) is 5.50. The van der Waals surface area contributed by atoms with Gasteiger partial charge in [-0.15, -0.1) is 0 Å². The zero-order valence-corrected chi connectivity index (χ0v) is 24.8. The standard InChI is InChI=1S/C38H24N8O/c1-2-11-21(12-3-1)47-29-20-10-19-28-30(29)38-45-36-27-18-9-8-17-26(27)34(43-36)41-32-23-14-5-4-13-22(23)31(39-32)40-33-24-15-6-7-16-25(24)35(42-33)44-37(28)46-38/h1-19,29H,20H2,(H2,39,40,41,42,43,44,45,46). The predicted molar refractivity (Wildman–Crippen MR) is 182 cm³/mol. The fourth-order valence-corrected chi connectivity index (χ4v) is 6.64. The van der Waals surface area contributed by atoms with Gasteiger partial charge >= 0.3 is 0 Å². The molecule has 1 aliphatic carbocycles. The Bertz CT molecular complexity index is 2600. The van der Waals surface area contributed by atoms with Crippen molar-refractivity contribution < 1.29 is 4.74 Å². The van der Waals surface area contributed by atoms with E-state index in [2.05, 4.69) is 22.1 Å². The molecule has 0 radical (unpaired) electrons. The van der Waals surface area contributed by atoms with Crippen molar-refractivity contribution in [2.75, 3.05) is 0 Å². The number of hydrogen-bond donors (Lipinski definition) is 2. The molecule has 1 atom stereocenters. The Morgan fingerprint density at radius 3 is 1.53 bits per heavy atom. The number of aromatic nitrogens is 8. The highest BCUT2D eigenvalue weighted by molar-refractivity contribution is 6.05. The Labute approximate surface area is 267 Å². The second kappa shape index (κ2) is 10.0. The molecule has 9 nitrogen and oxygen atoms in total. The fourth-order valence-electron chi connectivity index (χ4n) is 6.64. The summed E-state index contributed by atoms with van der Waals surface area (Å²) in [6, 6.07) is 34.0. The summed E-state index contributed by atoms with van der Waals surface area (Å²) in [5, 5.41) is 1.89. The summed E-state index contributed by atoms with van der Waals surface area (Å²) in [6.07, 6.45) is 4.60. The minimum atomic E-state index is -0.290. The van der Waals surface area contributed by atoms with E-state index >= 15 is 0 Å². The number of aromatic amines is 2. The van der Waals surface area contributed by atoms with E-state index in [-0.39, 0.29) is 6.10 Å². The van der Waals surface area contributed by atoms with Crippen LogP contribution in [0.2, 0.25) is 0 Å². The average Bonchev–Trinajstić information content (AvgIpc) is 3.85. The number of hydrogen-bond acceptors (Lipinski definition) is 7. The molecule has 47 heavy (non-hydrogen) atoms. The van der Waals surface area contributed by atoms with Crippen molar-refractivity contribution in [2.24, 2.45) is 0 Å². The number of para-hydroxylation sites is 1. The smallest absolute Gasteiger partial charge is 0.164 e. The summed E-state index contributed by atoms with van der Waals surface area (Å²) in [6.45, 7) is 0. The van der Waals surface area contributed by atoms with Crippen LogP contribution in [-0.2, 0) is 0 Å². The fraction of sp³-hybridized carbons (Fsp3) is 0.0526. The van der Waals surface area contributed by atoms with Crippen LogP contribution in [0.4, 0.5) is 0 Å². The van der Waals surface area contributed by atoms with Gasteiger partial charge in [0.15, 0.2) is 23.3 Å². The van der Waals surface area contributed by atoms with Crippen LogP contribution in [0, 0.1) is 0 Å². The molecule has 5 heterocycles. The Hall–Kier alpha value is -6.48. The Balaban J connectivity index is 1.34. The first-order chi connectivity index (χ1) is 23.3. The first kappa shape index (κ1) is 25.8. The van der Waals surface area contributed by atoms with Gasteiger partial charge in [0.05, 0.1) is 0 Å². The minimum Gasteiger partial charge on any atom is -0.485 e. The van der Waals surface area contributed by atoms with Gasteiger partial charge in [0.25, 0.3) is 0 Å². The lowest BCUT2D eigenvalue weighted by atomic mass is 9.98. The summed E-state index contributed by atoms with van der Waals surface area (Å²) in [5.41, 5.74) is 8.08. The third-order valence-corrected chi connectivity index (χ3v) is 8.80. The average molecular weight is 609 g/mol. The Morgan fingerprint density at radius 2 is 0.957 bits per heavy atom. The maximum absolute atomic E-state index is 6.56. The van der Waals surface area contributed by atoms with E-state index in [1.54, 1.807) is 0 Å². The summed E-state index contributed by atoms with van der Waals surface area (Å²) in [4.78, 5) is 37.4. The molecule has 7 aromatic rings. The normalized spacial score (nSPS) is 14.4. The van der Waals surface area contributed by atoms with Crippen LogP contribution in [0.15, 0.2) is 109 Å². The van der Waals surface area contributed by atoms with Crippen molar-refractivity contribution in [3.05, 3.63) is 120 Å². The van der Waals surface area contributed by atoms with Crippen molar-refractivity contribution >= 4 is 39.4 Å². The lowest BCUT2D eigenvalue weighted by Gasteiger charge is -2.20. The molecule has 2 N–H and O–H groups in total. The van der Waals surface area contributed by atoms with E-state index < -0.39 is 0 Å². The lowest BCUT2D eigenvalue weighted by molar-refractivity contribution is 0.209. The SMILES string of the molecule is C1=Cc2c(c3nc4nc(nc5[nH]c(nc6nc(nc2[nH]3)-c2ccccc2-6)c2ccccc52)-c2ccccc2-4)C(Oc2ccccc2)C1. The maximum atomic E-state index is 6.56. The number of nitrogens with zero attached hydrogens (tertiary/aromatic N) is 6. The third-order valence-electron chi connectivity index (χ3n) is 8.80. The van der Waals surface area contributed by atoms with Gasteiger partial charge in [-0.05, 0) is 12.1 Å². The van der Waals surface area contributed by atoms with E-state index in [1.165, 1.54) is 0 Å². The molecule has 4 aromatic carbocycles. The monoisotopic (exact) mass is 608 g/mol. The number of H-pyrrole nitrogens is 2. The van der Waals surface area contributed by atoms with Crippen LogP contribution in [0.25, 0.3) is 85.0 Å². The molecule has 3 aliphatic rings. The molecular weight excluding hydrogens is 584 g/mol. The van der Waals surface area contributed by atoms with E-state index in [9.17, 15) is 0 Å². The topological polar surface area (TPSA) is 118 Å². The molecule has 8 bridgehead atoms. The molecule has 0 fully saturated rings. The van der Waals surface area contributed by atoms with Gasteiger partial charge in [-0.2, -0.15) is 0 Å². The van der Waals surface area contributed by atoms with Crippen molar-refractivity contribution in [3.8, 4) is 51.3 Å². The zero-order chi connectivity index (χ0) is 30.9. The highest BCUT2D eigenvalue weighted by atomic mass is 16.5. The molecule has 3 aromatic heterocycles. The molecule has 9 heteroatoms. The molecule has 0 saturated heterocycles. The highest BCUT2D eigenvalue weighted by Crippen LogP contribution is 2.40. The summed E-state index contributed by atoms with van der Waals surface area (Å²) in [7, 11) is 0. The van der Waals surface area contributed by atoms with E-state index in [0.29, 0.717) is 52.3 Å². The number of fused-ring (bicyclic) bond motifs is 20. The maximum Gasteiger partial charge on any atom is 0.164 e. The van der Waals surface area contributed by atoms with Gasteiger partial charge in [-0.3, -0.25) is 0 Å². The first-order valence-corrected chi connectivity index (χ1v) is 15.5. The van der Waals surface area contributed by atoms with E-state index in [0.717, 1.165) is 49.9 Å². The van der Waals surface area contributed by atoms with Gasteiger partial charge < -0.3 is 14.7 Å². The predicted octanol–water partition coefficient (Wildman–Crippen LogP) is 8.25. The van der Waals surface area contributed by atoms with Crippen LogP contribution >= 0.6 is 0 Å². The molecule has 0 saturated carbocycles. The Morgan fingerprint density at radius 1 is 0.489 bits per heavy atom. The summed E-state index contributed by atoms with van der Waals surface area (Å²) >= 11 is 0. The second-order valence-corrected chi connectivity index (χ2v) is 11.6. The van der Waals surface area contributed by atoms with Gasteiger partial charge in [0.2, 0.25) is 0 Å². The first-order valence-electron chi connectivity index (χ1n) is 15.5. The van der Waals surface area contributed by atoms with E-state index in [1.807, 2.05) is 103 Å². The van der Waals surface area contributed by atoms with Crippen molar-refractivity contribution in [1.29, 1.82) is 0 Å². The van der Waals surface area contributed by atoms with Crippen LogP contribution in [0.1, 0.15) is 23.7 Å². The second-order valence-electron chi connectivity index (χ2n) is 11.6. The van der Waals surface area contributed by atoms with Crippen LogP contribution in [0.3, 0.4) is 0 Å². The van der Waals surface area contributed by atoms with Gasteiger partial charge in [0.1, 0.15) is 34.4 Å². The van der Waals surface area contributed by atoms with Crippen LogP contribution in [0.5, 0.6) is 5.75 Å². The minimum absolute atomic E-state index is 0.290. The molecule has 0 spiro atoms. The third kappa shape index (κ3) is 4.10. The summed E-state index contributed by atoms with van der Waals surface area (Å²) in [5.74, 6) is 3.08. The molecule has 0 amide bonds. The van der Waals surface area contributed by atoms with Crippen LogP contribution in [-0.4, -0.2) is 39.9 Å². The molecule has 2 aliphatic heterocycles. The zero-order valence-electron chi connectivity index (χ0n) is 24.8. The van der Waals surface area contributed by atoms with Crippen molar-refractivity contribution in [2.45, 2.75) is 12.5 Å². The molecule has 10 rings (SSSR count). The number of rotatable bonds is 2. The summed E-state index contributed by atoms with van der Waals surface area (Å²) < 4.78 is 6.56. The number of ether oxygens (including phenoxy) is 1.